The molecule has 1 N–H and O–H groups in total. The van der Waals surface area contributed by atoms with Crippen molar-refractivity contribution in [3.05, 3.63) is 98.6 Å². The maximum Gasteiger partial charge on any atom is 0.269 e. The summed E-state index contributed by atoms with van der Waals surface area (Å²) >= 11 is 6.14. The van der Waals surface area contributed by atoms with E-state index in [-0.39, 0.29) is 5.69 Å². The maximum atomic E-state index is 10.7. The molecule has 27 heavy (non-hydrogen) atoms. The molecule has 0 aromatic heterocycles. The second-order valence-corrected chi connectivity index (χ2v) is 6.62. The lowest BCUT2D eigenvalue weighted by atomic mass is 10.1. The molecule has 5 nitrogen and oxygen atoms in total. The maximum absolute atomic E-state index is 10.7. The summed E-state index contributed by atoms with van der Waals surface area (Å²) in [5.41, 5.74) is 4.06. The lowest BCUT2D eigenvalue weighted by molar-refractivity contribution is -0.384. The zero-order chi connectivity index (χ0) is 19.2. The van der Waals surface area contributed by atoms with E-state index in [4.69, 9.17) is 16.3 Å². The summed E-state index contributed by atoms with van der Waals surface area (Å²) in [5, 5.41) is 14.7. The van der Waals surface area contributed by atoms with Crippen molar-refractivity contribution in [3.8, 4) is 5.75 Å². The first-order valence-corrected chi connectivity index (χ1v) is 8.84. The largest absolute Gasteiger partial charge is 0.489 e. The first kappa shape index (κ1) is 18.7. The molecule has 0 unspecified atom stereocenters. The van der Waals surface area contributed by atoms with Crippen LogP contribution in [-0.2, 0) is 13.2 Å². The van der Waals surface area contributed by atoms with E-state index in [2.05, 4.69) is 11.4 Å². The monoisotopic (exact) mass is 382 g/mol. The third kappa shape index (κ3) is 5.21. The van der Waals surface area contributed by atoms with Crippen molar-refractivity contribution in [1.29, 1.82) is 0 Å². The molecule has 138 valence electrons. The molecule has 0 heterocycles. The minimum atomic E-state index is -0.418. The van der Waals surface area contributed by atoms with Crippen LogP contribution in [0.4, 0.5) is 11.4 Å². The first-order chi connectivity index (χ1) is 13.0. The van der Waals surface area contributed by atoms with Crippen LogP contribution in [0.15, 0.2) is 66.7 Å². The van der Waals surface area contributed by atoms with E-state index in [1.54, 1.807) is 18.2 Å². The Kier molecular flexibility index (Phi) is 5.94. The Hall–Kier alpha value is -3.05. The lowest BCUT2D eigenvalue weighted by Crippen LogP contribution is -2.04. The topological polar surface area (TPSA) is 64.4 Å². The molecular formula is C21H19ClN2O3. The van der Waals surface area contributed by atoms with Gasteiger partial charge in [0.05, 0.1) is 4.92 Å². The number of nitro benzene ring substituents is 1. The molecule has 3 rings (SSSR count). The Balaban J connectivity index is 1.69. The molecule has 0 atom stereocenters. The van der Waals surface area contributed by atoms with Crippen LogP contribution in [0.5, 0.6) is 5.75 Å². The van der Waals surface area contributed by atoms with Crippen LogP contribution in [-0.4, -0.2) is 4.92 Å². The predicted molar refractivity (Wildman–Crippen MR) is 107 cm³/mol. The normalized spacial score (nSPS) is 10.4. The van der Waals surface area contributed by atoms with E-state index in [1.165, 1.54) is 17.7 Å². The summed E-state index contributed by atoms with van der Waals surface area (Å²) in [7, 11) is 0. The van der Waals surface area contributed by atoms with Gasteiger partial charge in [0.1, 0.15) is 12.4 Å². The van der Waals surface area contributed by atoms with Crippen molar-refractivity contribution in [1.82, 2.24) is 0 Å². The number of hydrogen-bond acceptors (Lipinski definition) is 4. The molecule has 0 aliphatic heterocycles. The molecule has 0 radical (unpaired) electrons. The SMILES string of the molecule is Cc1cccc(NCc2cc(Cl)ccc2OCc2ccc([N+](=O)[O-])cc2)c1. The van der Waals surface area contributed by atoms with Crippen LogP contribution < -0.4 is 10.1 Å². The summed E-state index contributed by atoms with van der Waals surface area (Å²) in [5.74, 6) is 0.720. The zero-order valence-electron chi connectivity index (χ0n) is 14.8. The van der Waals surface area contributed by atoms with E-state index in [1.807, 2.05) is 37.3 Å². The number of nitrogens with zero attached hydrogens (tertiary/aromatic N) is 1. The third-order valence-corrected chi connectivity index (χ3v) is 4.30. The van der Waals surface area contributed by atoms with Crippen LogP contribution in [0.1, 0.15) is 16.7 Å². The Morgan fingerprint density at radius 3 is 2.56 bits per heavy atom. The standard InChI is InChI=1S/C21H19ClN2O3/c1-15-3-2-4-19(11-15)23-13-17-12-18(22)7-10-21(17)27-14-16-5-8-20(9-6-16)24(25)26/h2-12,23H,13-14H2,1H3. The van der Waals surface area contributed by atoms with E-state index in [9.17, 15) is 10.1 Å². The molecule has 0 aliphatic carbocycles. The summed E-state index contributed by atoms with van der Waals surface area (Å²) in [6, 6.07) is 19.9. The number of aryl methyl sites for hydroxylation is 1. The van der Waals surface area contributed by atoms with E-state index >= 15 is 0 Å². The van der Waals surface area contributed by atoms with E-state index < -0.39 is 4.92 Å². The molecule has 0 aliphatic rings. The van der Waals surface area contributed by atoms with Crippen LogP contribution >= 0.6 is 11.6 Å². The van der Waals surface area contributed by atoms with Crippen LogP contribution in [0, 0.1) is 17.0 Å². The van der Waals surface area contributed by atoms with Gasteiger partial charge in [-0.3, -0.25) is 10.1 Å². The fourth-order valence-corrected chi connectivity index (χ4v) is 2.85. The number of nitro groups is 1. The minimum absolute atomic E-state index is 0.0632. The number of halogens is 1. The van der Waals surface area contributed by atoms with Crippen molar-refractivity contribution in [2.45, 2.75) is 20.1 Å². The second kappa shape index (κ2) is 8.56. The van der Waals surface area contributed by atoms with Crippen molar-refractivity contribution in [3.63, 3.8) is 0 Å². The Morgan fingerprint density at radius 2 is 1.85 bits per heavy atom. The number of hydrogen-bond donors (Lipinski definition) is 1. The molecule has 3 aromatic carbocycles. The van der Waals surface area contributed by atoms with Gasteiger partial charge >= 0.3 is 0 Å². The van der Waals surface area contributed by atoms with Crippen molar-refractivity contribution in [2.75, 3.05) is 5.32 Å². The van der Waals surface area contributed by atoms with Gasteiger partial charge in [0.2, 0.25) is 0 Å². The van der Waals surface area contributed by atoms with Gasteiger partial charge in [0.15, 0.2) is 0 Å². The van der Waals surface area contributed by atoms with Crippen LogP contribution in [0.3, 0.4) is 0 Å². The highest BCUT2D eigenvalue weighted by atomic mass is 35.5. The molecule has 0 fully saturated rings. The highest BCUT2D eigenvalue weighted by Crippen LogP contribution is 2.25. The van der Waals surface area contributed by atoms with Gasteiger partial charge in [-0.25, -0.2) is 0 Å². The average molecular weight is 383 g/mol. The number of rotatable bonds is 7. The van der Waals surface area contributed by atoms with Crippen molar-refractivity contribution < 1.29 is 9.66 Å². The lowest BCUT2D eigenvalue weighted by Gasteiger charge is -2.14. The van der Waals surface area contributed by atoms with E-state index in [0.29, 0.717) is 18.2 Å². The highest BCUT2D eigenvalue weighted by molar-refractivity contribution is 6.30. The Labute approximate surface area is 162 Å². The van der Waals surface area contributed by atoms with Gasteiger partial charge in [-0.05, 0) is 60.5 Å². The molecule has 3 aromatic rings. The van der Waals surface area contributed by atoms with Crippen molar-refractivity contribution >= 4 is 23.0 Å². The van der Waals surface area contributed by atoms with E-state index in [0.717, 1.165) is 22.6 Å². The third-order valence-electron chi connectivity index (χ3n) is 4.07. The molecule has 6 heteroatoms. The average Bonchev–Trinajstić information content (AvgIpc) is 2.66. The molecule has 0 spiro atoms. The van der Waals surface area contributed by atoms with Crippen molar-refractivity contribution in [2.24, 2.45) is 0 Å². The second-order valence-electron chi connectivity index (χ2n) is 6.19. The Morgan fingerprint density at radius 1 is 1.07 bits per heavy atom. The van der Waals surface area contributed by atoms with Gasteiger partial charge in [-0.15, -0.1) is 0 Å². The van der Waals surface area contributed by atoms with Gasteiger partial charge in [-0.1, -0.05) is 23.7 Å². The van der Waals surface area contributed by atoms with Gasteiger partial charge in [0, 0.05) is 35.0 Å². The Bertz CT molecular complexity index is 942. The van der Waals surface area contributed by atoms with Crippen LogP contribution in [0.25, 0.3) is 0 Å². The molecule has 0 bridgehead atoms. The number of nitrogens with one attached hydrogen (secondary N) is 1. The summed E-state index contributed by atoms with van der Waals surface area (Å²) < 4.78 is 5.92. The number of benzene rings is 3. The fourth-order valence-electron chi connectivity index (χ4n) is 2.65. The molecule has 0 saturated heterocycles. The first-order valence-electron chi connectivity index (χ1n) is 8.46. The number of anilines is 1. The fraction of sp³-hybridized carbons (Fsp3) is 0.143. The predicted octanol–water partition coefficient (Wildman–Crippen LogP) is 5.75. The molecule has 0 amide bonds. The quantitative estimate of drug-likeness (QED) is 0.417. The summed E-state index contributed by atoms with van der Waals surface area (Å²) in [6.07, 6.45) is 0. The van der Waals surface area contributed by atoms with Gasteiger partial charge in [-0.2, -0.15) is 0 Å². The zero-order valence-corrected chi connectivity index (χ0v) is 15.6. The van der Waals surface area contributed by atoms with Crippen LogP contribution in [0.2, 0.25) is 5.02 Å². The number of ether oxygens (including phenoxy) is 1. The number of non-ortho nitro benzene ring substituents is 1. The van der Waals surface area contributed by atoms with Gasteiger partial charge in [0.25, 0.3) is 5.69 Å². The molecule has 0 saturated carbocycles. The minimum Gasteiger partial charge on any atom is -0.489 e. The highest BCUT2D eigenvalue weighted by Gasteiger charge is 2.08. The molecular weight excluding hydrogens is 364 g/mol. The smallest absolute Gasteiger partial charge is 0.269 e. The van der Waals surface area contributed by atoms with Gasteiger partial charge < -0.3 is 10.1 Å². The summed E-state index contributed by atoms with van der Waals surface area (Å²) in [4.78, 5) is 10.3. The summed E-state index contributed by atoms with van der Waals surface area (Å²) in [6.45, 7) is 2.93.